The zero-order valence-corrected chi connectivity index (χ0v) is 19.3. The van der Waals surface area contributed by atoms with Gasteiger partial charge in [0.15, 0.2) is 0 Å². The van der Waals surface area contributed by atoms with E-state index in [0.29, 0.717) is 13.0 Å². The number of nitrogens with one attached hydrogen (secondary N) is 2. The Hall–Kier alpha value is -4.12. The van der Waals surface area contributed by atoms with Gasteiger partial charge in [0.25, 0.3) is 21.6 Å². The van der Waals surface area contributed by atoms with Crippen LogP contribution in [0.15, 0.2) is 71.6 Å². The van der Waals surface area contributed by atoms with Crippen molar-refractivity contribution in [3.63, 3.8) is 0 Å². The zero-order valence-electron chi connectivity index (χ0n) is 18.5. The zero-order chi connectivity index (χ0) is 24.7. The van der Waals surface area contributed by atoms with Crippen molar-refractivity contribution in [1.82, 2.24) is 5.32 Å². The molecule has 0 aromatic heterocycles. The number of nitrogens with zero attached hydrogens (tertiary/aromatic N) is 1. The third-order valence-corrected chi connectivity index (χ3v) is 6.32. The number of carbonyl (C=O) groups excluding carboxylic acids is 1. The van der Waals surface area contributed by atoms with Crippen molar-refractivity contribution in [2.45, 2.75) is 11.3 Å². The van der Waals surface area contributed by atoms with E-state index in [1.54, 1.807) is 7.11 Å². The first-order valence-electron chi connectivity index (χ1n) is 10.1. The standard InChI is InChI=1S/C23H23N3O7S/c1-32-21-6-4-3-5-16(21)13-14-24-23(27)17-7-10-19(11-8-17)34(30,31)25-20-15-18(26(28)29)9-12-22(20)33-2/h3-12,15,25H,13-14H2,1-2H3,(H,24,27). The van der Waals surface area contributed by atoms with E-state index in [-0.39, 0.29) is 33.5 Å². The Bertz CT molecular complexity index is 1290. The van der Waals surface area contributed by atoms with Gasteiger partial charge in [0.05, 0.1) is 29.7 Å². The minimum absolute atomic E-state index is 0.0742. The molecule has 0 unspecified atom stereocenters. The van der Waals surface area contributed by atoms with Crippen LogP contribution in [0.5, 0.6) is 11.5 Å². The van der Waals surface area contributed by atoms with Gasteiger partial charge >= 0.3 is 0 Å². The van der Waals surface area contributed by atoms with Gasteiger partial charge in [0.2, 0.25) is 0 Å². The van der Waals surface area contributed by atoms with Gasteiger partial charge in [-0.1, -0.05) is 18.2 Å². The second kappa shape index (κ2) is 10.7. The maximum Gasteiger partial charge on any atom is 0.271 e. The normalized spacial score (nSPS) is 10.9. The number of hydrogen-bond donors (Lipinski definition) is 2. The molecule has 3 aromatic carbocycles. The highest BCUT2D eigenvalue weighted by Crippen LogP contribution is 2.30. The van der Waals surface area contributed by atoms with E-state index in [1.165, 1.54) is 43.5 Å². The monoisotopic (exact) mass is 485 g/mol. The quantitative estimate of drug-likeness (QED) is 0.332. The number of nitro groups is 1. The number of ether oxygens (including phenoxy) is 2. The molecule has 2 N–H and O–H groups in total. The van der Waals surface area contributed by atoms with Crippen molar-refractivity contribution >= 4 is 27.3 Å². The van der Waals surface area contributed by atoms with Crippen LogP contribution >= 0.6 is 0 Å². The van der Waals surface area contributed by atoms with Crippen LogP contribution in [-0.4, -0.2) is 40.0 Å². The van der Waals surface area contributed by atoms with E-state index in [4.69, 9.17) is 9.47 Å². The van der Waals surface area contributed by atoms with Crippen molar-refractivity contribution in [3.8, 4) is 11.5 Å². The van der Waals surface area contributed by atoms with E-state index in [2.05, 4.69) is 10.0 Å². The summed E-state index contributed by atoms with van der Waals surface area (Å²) >= 11 is 0. The van der Waals surface area contributed by atoms with Crippen molar-refractivity contribution in [2.75, 3.05) is 25.5 Å². The minimum Gasteiger partial charge on any atom is -0.496 e. The summed E-state index contributed by atoms with van der Waals surface area (Å²) in [6.07, 6.45) is 0.567. The lowest BCUT2D eigenvalue weighted by Gasteiger charge is -2.12. The molecule has 0 aliphatic rings. The molecule has 1 amide bonds. The average Bonchev–Trinajstić information content (AvgIpc) is 2.84. The van der Waals surface area contributed by atoms with Gasteiger partial charge in [0, 0.05) is 24.2 Å². The molecule has 0 heterocycles. The molecule has 34 heavy (non-hydrogen) atoms. The van der Waals surface area contributed by atoms with E-state index in [0.717, 1.165) is 17.4 Å². The molecule has 0 saturated carbocycles. The number of rotatable bonds is 10. The first-order chi connectivity index (χ1) is 16.2. The van der Waals surface area contributed by atoms with Gasteiger partial charge in [0.1, 0.15) is 11.5 Å². The SMILES string of the molecule is COc1ccccc1CCNC(=O)c1ccc(S(=O)(=O)Nc2cc([N+](=O)[O-])ccc2OC)cc1. The van der Waals surface area contributed by atoms with Crippen LogP contribution in [0.1, 0.15) is 15.9 Å². The number of amides is 1. The molecule has 0 fully saturated rings. The number of benzene rings is 3. The molecular formula is C23H23N3O7S. The summed E-state index contributed by atoms with van der Waals surface area (Å²) in [5.74, 6) is 0.506. The third-order valence-electron chi connectivity index (χ3n) is 4.94. The molecule has 0 aliphatic heterocycles. The average molecular weight is 486 g/mol. The lowest BCUT2D eigenvalue weighted by molar-refractivity contribution is -0.384. The fraction of sp³-hybridized carbons (Fsp3) is 0.174. The molecular weight excluding hydrogens is 462 g/mol. The molecule has 0 radical (unpaired) electrons. The van der Waals surface area contributed by atoms with Crippen molar-refractivity contribution < 1.29 is 27.6 Å². The molecule has 3 aromatic rings. The fourth-order valence-electron chi connectivity index (χ4n) is 3.20. The predicted molar refractivity (Wildman–Crippen MR) is 126 cm³/mol. The first-order valence-corrected chi connectivity index (χ1v) is 11.6. The summed E-state index contributed by atoms with van der Waals surface area (Å²) < 4.78 is 38.2. The third kappa shape index (κ3) is 5.81. The summed E-state index contributed by atoms with van der Waals surface area (Å²) in [5.41, 5.74) is 0.870. The summed E-state index contributed by atoms with van der Waals surface area (Å²) in [6.45, 7) is 0.368. The number of nitro benzene ring substituents is 1. The minimum atomic E-state index is -4.09. The smallest absolute Gasteiger partial charge is 0.271 e. The topological polar surface area (TPSA) is 137 Å². The molecule has 0 bridgehead atoms. The number of para-hydroxylation sites is 1. The van der Waals surface area contributed by atoms with Crippen LogP contribution in [0, 0.1) is 10.1 Å². The Labute approximate surface area is 196 Å². The summed E-state index contributed by atoms with van der Waals surface area (Å²) in [4.78, 5) is 22.7. The van der Waals surface area contributed by atoms with E-state index in [9.17, 15) is 23.3 Å². The molecule has 0 spiro atoms. The second-order valence-corrected chi connectivity index (χ2v) is 8.77. The number of methoxy groups -OCH3 is 2. The first kappa shape index (κ1) is 24.5. The lowest BCUT2D eigenvalue weighted by Crippen LogP contribution is -2.25. The maximum absolute atomic E-state index is 12.8. The summed E-state index contributed by atoms with van der Waals surface area (Å²) in [6, 6.07) is 16.4. The molecule has 0 saturated heterocycles. The number of sulfonamides is 1. The Morgan fingerprint density at radius 1 is 0.971 bits per heavy atom. The largest absolute Gasteiger partial charge is 0.496 e. The maximum atomic E-state index is 12.8. The Morgan fingerprint density at radius 2 is 1.65 bits per heavy atom. The summed E-state index contributed by atoms with van der Waals surface area (Å²) in [7, 11) is -1.19. The second-order valence-electron chi connectivity index (χ2n) is 7.09. The van der Waals surface area contributed by atoms with Crippen molar-refractivity contribution in [1.29, 1.82) is 0 Å². The number of hydrogen-bond acceptors (Lipinski definition) is 7. The van der Waals surface area contributed by atoms with Crippen LogP contribution in [0.25, 0.3) is 0 Å². The van der Waals surface area contributed by atoms with Gasteiger partial charge in [-0.3, -0.25) is 19.6 Å². The molecule has 0 atom stereocenters. The number of anilines is 1. The predicted octanol–water partition coefficient (Wildman–Crippen LogP) is 3.39. The van der Waals surface area contributed by atoms with Crippen molar-refractivity contribution in [2.24, 2.45) is 0 Å². The van der Waals surface area contributed by atoms with Crippen LogP contribution in [0.4, 0.5) is 11.4 Å². The fourth-order valence-corrected chi connectivity index (χ4v) is 4.26. The molecule has 0 aliphatic carbocycles. The van der Waals surface area contributed by atoms with E-state index in [1.807, 2.05) is 24.3 Å². The van der Waals surface area contributed by atoms with Crippen LogP contribution in [-0.2, 0) is 16.4 Å². The van der Waals surface area contributed by atoms with E-state index < -0.39 is 14.9 Å². The Kier molecular flexibility index (Phi) is 7.69. The van der Waals surface area contributed by atoms with Gasteiger partial charge in [-0.15, -0.1) is 0 Å². The Morgan fingerprint density at radius 3 is 2.29 bits per heavy atom. The van der Waals surface area contributed by atoms with Crippen LogP contribution in [0.3, 0.4) is 0 Å². The van der Waals surface area contributed by atoms with Gasteiger partial charge < -0.3 is 14.8 Å². The van der Waals surface area contributed by atoms with Gasteiger partial charge in [-0.05, 0) is 48.4 Å². The highest BCUT2D eigenvalue weighted by atomic mass is 32.2. The summed E-state index contributed by atoms with van der Waals surface area (Å²) in [5, 5.41) is 13.8. The van der Waals surface area contributed by atoms with Gasteiger partial charge in [-0.2, -0.15) is 0 Å². The Balaban J connectivity index is 1.68. The van der Waals surface area contributed by atoms with Crippen LogP contribution in [0.2, 0.25) is 0 Å². The molecule has 178 valence electrons. The molecule has 3 rings (SSSR count). The number of non-ortho nitro benzene ring substituents is 1. The van der Waals surface area contributed by atoms with Gasteiger partial charge in [-0.25, -0.2) is 8.42 Å². The number of carbonyl (C=O) groups is 1. The molecule has 11 heteroatoms. The highest BCUT2D eigenvalue weighted by Gasteiger charge is 2.20. The van der Waals surface area contributed by atoms with E-state index >= 15 is 0 Å². The van der Waals surface area contributed by atoms with Crippen LogP contribution < -0.4 is 19.5 Å². The highest BCUT2D eigenvalue weighted by molar-refractivity contribution is 7.92. The lowest BCUT2D eigenvalue weighted by atomic mass is 10.1. The molecule has 10 nitrogen and oxygen atoms in total. The van der Waals surface area contributed by atoms with Crippen molar-refractivity contribution in [3.05, 3.63) is 88.0 Å².